The summed E-state index contributed by atoms with van der Waals surface area (Å²) in [5, 5.41) is 12.8. The van der Waals surface area contributed by atoms with Crippen LogP contribution in [0.3, 0.4) is 0 Å². The molecule has 2 aromatic rings. The van der Waals surface area contributed by atoms with Crippen molar-refractivity contribution in [3.63, 3.8) is 0 Å². The Labute approximate surface area is 115 Å². The summed E-state index contributed by atoms with van der Waals surface area (Å²) in [6.45, 7) is 3.72. The van der Waals surface area contributed by atoms with Gasteiger partial charge in [0.1, 0.15) is 15.8 Å². The highest BCUT2D eigenvalue weighted by atomic mass is 32.2. The van der Waals surface area contributed by atoms with Crippen molar-refractivity contribution in [2.75, 3.05) is 4.72 Å². The Hall–Kier alpha value is -1.85. The average molecular weight is 296 g/mol. The molecular weight excluding hydrogens is 284 g/mol. The summed E-state index contributed by atoms with van der Waals surface area (Å²) in [6, 6.07) is 3.52. The first kappa shape index (κ1) is 13.6. The Kier molecular flexibility index (Phi) is 3.34. The van der Waals surface area contributed by atoms with Crippen LogP contribution in [0.5, 0.6) is 0 Å². The largest absolute Gasteiger partial charge is 0.272 e. The molecule has 2 aromatic heterocycles. The van der Waals surface area contributed by atoms with E-state index in [1.165, 1.54) is 22.2 Å². The molecule has 0 radical (unpaired) electrons. The van der Waals surface area contributed by atoms with E-state index in [-0.39, 0.29) is 15.6 Å². The number of sulfonamides is 1. The summed E-state index contributed by atoms with van der Waals surface area (Å²) in [5.74, 6) is 0.172. The fourth-order valence-corrected chi connectivity index (χ4v) is 4.11. The number of nitrogens with zero attached hydrogens (tertiary/aromatic N) is 3. The van der Waals surface area contributed by atoms with E-state index in [9.17, 15) is 8.42 Å². The minimum Gasteiger partial charge on any atom is -0.262 e. The molecule has 0 atom stereocenters. The lowest BCUT2D eigenvalue weighted by Gasteiger charge is -2.06. The van der Waals surface area contributed by atoms with Crippen molar-refractivity contribution >= 4 is 27.2 Å². The van der Waals surface area contributed by atoms with Crippen LogP contribution >= 0.6 is 11.3 Å². The zero-order chi connectivity index (χ0) is 14.2. The minimum absolute atomic E-state index is 0.172. The second-order valence-corrected chi connectivity index (χ2v) is 7.22. The van der Waals surface area contributed by atoms with Gasteiger partial charge in [-0.3, -0.25) is 9.40 Å². The van der Waals surface area contributed by atoms with Gasteiger partial charge in [0, 0.05) is 11.9 Å². The molecule has 0 bridgehead atoms. The number of thiophene rings is 1. The number of rotatable bonds is 3. The number of nitriles is 1. The SMILES string of the molecule is Cc1cc(S(=O)(=O)Nc2c(C#N)cnn2C)sc1C. The van der Waals surface area contributed by atoms with Crippen molar-refractivity contribution < 1.29 is 8.42 Å². The Bertz CT molecular complexity index is 746. The first-order valence-electron chi connectivity index (χ1n) is 5.37. The van der Waals surface area contributed by atoms with E-state index in [1.54, 1.807) is 13.1 Å². The Morgan fingerprint density at radius 2 is 2.16 bits per heavy atom. The first-order chi connectivity index (χ1) is 8.85. The predicted octanol–water partition coefficient (Wildman–Crippen LogP) is 1.77. The van der Waals surface area contributed by atoms with Crippen LogP contribution in [0.15, 0.2) is 16.5 Å². The van der Waals surface area contributed by atoms with Crippen LogP contribution in [0.2, 0.25) is 0 Å². The smallest absolute Gasteiger partial charge is 0.262 e. The summed E-state index contributed by atoms with van der Waals surface area (Å²) in [7, 11) is -2.11. The number of aryl methyl sites for hydroxylation is 3. The van der Waals surface area contributed by atoms with Crippen LogP contribution in [-0.2, 0) is 17.1 Å². The fraction of sp³-hybridized carbons (Fsp3) is 0.273. The molecule has 2 rings (SSSR count). The standard InChI is InChI=1S/C11H12N4O2S2/c1-7-4-10(18-8(7)2)19(16,17)14-11-9(5-12)6-13-15(11)3/h4,6,14H,1-3H3. The van der Waals surface area contributed by atoms with Crippen LogP contribution < -0.4 is 4.72 Å². The van der Waals surface area contributed by atoms with Crippen LogP contribution in [0.1, 0.15) is 16.0 Å². The van der Waals surface area contributed by atoms with Gasteiger partial charge in [-0.2, -0.15) is 10.4 Å². The summed E-state index contributed by atoms with van der Waals surface area (Å²) in [4.78, 5) is 0.950. The second-order valence-electron chi connectivity index (χ2n) is 4.05. The lowest BCUT2D eigenvalue weighted by molar-refractivity contribution is 0.602. The molecule has 0 amide bonds. The van der Waals surface area contributed by atoms with Gasteiger partial charge >= 0.3 is 0 Å². The van der Waals surface area contributed by atoms with Gasteiger partial charge in [0.25, 0.3) is 10.0 Å². The van der Waals surface area contributed by atoms with Crippen molar-refractivity contribution in [3.8, 4) is 6.07 Å². The lowest BCUT2D eigenvalue weighted by atomic mass is 10.3. The highest BCUT2D eigenvalue weighted by Crippen LogP contribution is 2.27. The van der Waals surface area contributed by atoms with Gasteiger partial charge in [-0.1, -0.05) is 0 Å². The first-order valence-corrected chi connectivity index (χ1v) is 7.67. The Balaban J connectivity index is 2.42. The van der Waals surface area contributed by atoms with Crippen molar-refractivity contribution in [2.45, 2.75) is 18.1 Å². The van der Waals surface area contributed by atoms with Crippen LogP contribution in [0.4, 0.5) is 5.82 Å². The van der Waals surface area contributed by atoms with Gasteiger partial charge in [-0.05, 0) is 25.5 Å². The molecule has 0 saturated carbocycles. The van der Waals surface area contributed by atoms with Crippen molar-refractivity contribution in [2.24, 2.45) is 7.05 Å². The summed E-state index contributed by atoms with van der Waals surface area (Å²) < 4.78 is 28.4. The van der Waals surface area contributed by atoms with E-state index in [0.717, 1.165) is 10.4 Å². The zero-order valence-electron chi connectivity index (χ0n) is 10.6. The maximum atomic E-state index is 12.2. The van der Waals surface area contributed by atoms with E-state index in [4.69, 9.17) is 5.26 Å². The molecule has 1 N–H and O–H groups in total. The number of hydrogen-bond donors (Lipinski definition) is 1. The van der Waals surface area contributed by atoms with Gasteiger partial charge in [0.2, 0.25) is 0 Å². The number of aromatic nitrogens is 2. The molecule has 6 nitrogen and oxygen atoms in total. The molecule has 0 aromatic carbocycles. The van der Waals surface area contributed by atoms with Crippen molar-refractivity contribution in [3.05, 3.63) is 28.3 Å². The summed E-state index contributed by atoms with van der Waals surface area (Å²) in [6.07, 6.45) is 1.32. The number of nitrogens with one attached hydrogen (secondary N) is 1. The summed E-state index contributed by atoms with van der Waals surface area (Å²) >= 11 is 1.20. The molecule has 0 spiro atoms. The third kappa shape index (κ3) is 2.47. The van der Waals surface area contributed by atoms with Crippen LogP contribution in [0.25, 0.3) is 0 Å². The monoisotopic (exact) mass is 296 g/mol. The Morgan fingerprint density at radius 1 is 1.47 bits per heavy atom. The van der Waals surface area contributed by atoms with Gasteiger partial charge in [0.15, 0.2) is 5.82 Å². The quantitative estimate of drug-likeness (QED) is 0.935. The highest BCUT2D eigenvalue weighted by molar-refractivity contribution is 7.94. The van der Waals surface area contributed by atoms with Crippen molar-refractivity contribution in [1.29, 1.82) is 5.26 Å². The molecule has 0 saturated heterocycles. The molecule has 0 aliphatic rings. The van der Waals surface area contributed by atoms with Gasteiger partial charge in [-0.15, -0.1) is 11.3 Å². The maximum absolute atomic E-state index is 12.2. The lowest BCUT2D eigenvalue weighted by Crippen LogP contribution is -2.15. The van der Waals surface area contributed by atoms with Gasteiger partial charge in [-0.25, -0.2) is 8.42 Å². The molecule has 2 heterocycles. The molecule has 8 heteroatoms. The third-order valence-electron chi connectivity index (χ3n) is 2.70. The molecular formula is C11H12N4O2S2. The number of anilines is 1. The molecule has 100 valence electrons. The van der Waals surface area contributed by atoms with Gasteiger partial charge in [0.05, 0.1) is 6.20 Å². The third-order valence-corrected chi connectivity index (χ3v) is 5.66. The fourth-order valence-electron chi connectivity index (χ4n) is 1.49. The minimum atomic E-state index is -3.68. The van der Waals surface area contributed by atoms with E-state index >= 15 is 0 Å². The molecule has 0 aliphatic heterocycles. The molecule has 0 unspecified atom stereocenters. The van der Waals surface area contributed by atoms with E-state index in [1.807, 2.05) is 19.9 Å². The molecule has 19 heavy (non-hydrogen) atoms. The normalized spacial score (nSPS) is 11.3. The molecule has 0 aliphatic carbocycles. The molecule has 0 fully saturated rings. The second kappa shape index (κ2) is 4.68. The zero-order valence-corrected chi connectivity index (χ0v) is 12.3. The maximum Gasteiger partial charge on any atom is 0.272 e. The van der Waals surface area contributed by atoms with E-state index in [0.29, 0.717) is 0 Å². The number of hydrogen-bond acceptors (Lipinski definition) is 5. The predicted molar refractivity (Wildman–Crippen MR) is 72.5 cm³/mol. The van der Waals surface area contributed by atoms with Crippen molar-refractivity contribution in [1.82, 2.24) is 9.78 Å². The van der Waals surface area contributed by atoms with E-state index < -0.39 is 10.0 Å². The summed E-state index contributed by atoms with van der Waals surface area (Å²) in [5.41, 5.74) is 1.12. The average Bonchev–Trinajstić information content (AvgIpc) is 2.85. The van der Waals surface area contributed by atoms with E-state index in [2.05, 4.69) is 9.82 Å². The Morgan fingerprint density at radius 3 is 2.68 bits per heavy atom. The van der Waals surface area contributed by atoms with Crippen LogP contribution in [0, 0.1) is 25.2 Å². The highest BCUT2D eigenvalue weighted by Gasteiger charge is 2.21. The van der Waals surface area contributed by atoms with Gasteiger partial charge < -0.3 is 0 Å². The van der Waals surface area contributed by atoms with Crippen LogP contribution in [-0.4, -0.2) is 18.2 Å². The topological polar surface area (TPSA) is 87.8 Å².